The zero-order valence-corrected chi connectivity index (χ0v) is 13.1. The molecule has 0 aliphatic heterocycles. The second kappa shape index (κ2) is 6.55. The summed E-state index contributed by atoms with van der Waals surface area (Å²) >= 11 is 6.20. The highest BCUT2D eigenvalue weighted by Crippen LogP contribution is 2.36. The van der Waals surface area contributed by atoms with Crippen LogP contribution in [0.15, 0.2) is 16.5 Å². The van der Waals surface area contributed by atoms with E-state index in [4.69, 9.17) is 21.8 Å². The molecule has 8 heteroatoms. The zero-order valence-electron chi connectivity index (χ0n) is 12.3. The lowest BCUT2D eigenvalue weighted by molar-refractivity contribution is 0.110. The number of nitrogens with one attached hydrogen (secondary N) is 1. The summed E-state index contributed by atoms with van der Waals surface area (Å²) in [6.45, 7) is 0.179. The lowest BCUT2D eigenvalue weighted by atomic mass is 10.1. The number of halogens is 1. The van der Waals surface area contributed by atoms with Gasteiger partial charge in [0.15, 0.2) is 12.0 Å². The van der Waals surface area contributed by atoms with Crippen molar-refractivity contribution in [2.45, 2.75) is 25.3 Å². The molecule has 3 rings (SSSR count). The molecule has 4 N–H and O–H groups in total. The minimum atomic E-state index is 0.0557. The number of furan rings is 1. The number of rotatable bonds is 5. The molecule has 2 aromatic rings. The molecule has 0 unspecified atom stereocenters. The van der Waals surface area contributed by atoms with Gasteiger partial charge in [-0.3, -0.25) is 4.79 Å². The SMILES string of the molecule is Nc1nc(Cl)c(-c2ccc(C=O)o2)c(N[C@H]2CC[C@@H](CO)C2)n1. The second-order valence-electron chi connectivity index (χ2n) is 5.62. The Morgan fingerprint density at radius 1 is 1.43 bits per heavy atom. The maximum Gasteiger partial charge on any atom is 0.223 e. The summed E-state index contributed by atoms with van der Waals surface area (Å²) in [6.07, 6.45) is 3.33. The van der Waals surface area contributed by atoms with E-state index in [2.05, 4.69) is 15.3 Å². The highest BCUT2D eigenvalue weighted by atomic mass is 35.5. The molecule has 1 saturated carbocycles. The molecule has 0 aromatic carbocycles. The maximum atomic E-state index is 10.8. The van der Waals surface area contributed by atoms with Gasteiger partial charge in [0, 0.05) is 12.6 Å². The number of hydrogen-bond donors (Lipinski definition) is 3. The summed E-state index contributed by atoms with van der Waals surface area (Å²) in [5.41, 5.74) is 6.17. The first kappa shape index (κ1) is 15.8. The van der Waals surface area contributed by atoms with E-state index in [0.717, 1.165) is 19.3 Å². The predicted molar refractivity (Wildman–Crippen MR) is 86.4 cm³/mol. The smallest absolute Gasteiger partial charge is 0.223 e. The van der Waals surface area contributed by atoms with Crippen LogP contribution >= 0.6 is 11.6 Å². The molecule has 0 spiro atoms. The minimum Gasteiger partial charge on any atom is -0.453 e. The quantitative estimate of drug-likeness (QED) is 0.567. The number of carbonyl (C=O) groups excluding carboxylic acids is 1. The summed E-state index contributed by atoms with van der Waals surface area (Å²) in [7, 11) is 0. The normalized spacial score (nSPS) is 20.6. The number of aromatic nitrogens is 2. The third kappa shape index (κ3) is 3.30. The molecule has 122 valence electrons. The van der Waals surface area contributed by atoms with Crippen LogP contribution in [0.2, 0.25) is 5.15 Å². The van der Waals surface area contributed by atoms with Crippen LogP contribution in [0.1, 0.15) is 29.8 Å². The lowest BCUT2D eigenvalue weighted by Crippen LogP contribution is -2.18. The number of hydrogen-bond acceptors (Lipinski definition) is 7. The van der Waals surface area contributed by atoms with Crippen LogP contribution in [-0.2, 0) is 0 Å². The maximum absolute atomic E-state index is 10.8. The van der Waals surface area contributed by atoms with Gasteiger partial charge < -0.3 is 20.6 Å². The molecule has 1 aliphatic rings. The Balaban J connectivity index is 1.93. The zero-order chi connectivity index (χ0) is 16.4. The highest BCUT2D eigenvalue weighted by Gasteiger charge is 2.26. The van der Waals surface area contributed by atoms with Gasteiger partial charge in [0.2, 0.25) is 5.95 Å². The molecule has 2 heterocycles. The van der Waals surface area contributed by atoms with Crippen molar-refractivity contribution < 1.29 is 14.3 Å². The van der Waals surface area contributed by atoms with E-state index in [1.54, 1.807) is 12.1 Å². The fourth-order valence-corrected chi connectivity index (χ4v) is 3.16. The van der Waals surface area contributed by atoms with Crippen molar-refractivity contribution in [1.82, 2.24) is 9.97 Å². The van der Waals surface area contributed by atoms with Crippen molar-refractivity contribution in [3.63, 3.8) is 0 Å². The monoisotopic (exact) mass is 336 g/mol. The molecule has 2 atom stereocenters. The summed E-state index contributed by atoms with van der Waals surface area (Å²) in [4.78, 5) is 19.0. The van der Waals surface area contributed by atoms with E-state index in [1.807, 2.05) is 0 Å². The van der Waals surface area contributed by atoms with E-state index >= 15 is 0 Å². The van der Waals surface area contributed by atoms with Gasteiger partial charge in [-0.1, -0.05) is 11.6 Å². The average Bonchev–Trinajstić information content (AvgIpc) is 3.15. The van der Waals surface area contributed by atoms with Crippen LogP contribution in [0.5, 0.6) is 0 Å². The molecular weight excluding hydrogens is 320 g/mol. The number of nitrogen functional groups attached to an aromatic ring is 1. The number of nitrogens with zero attached hydrogens (tertiary/aromatic N) is 2. The Bertz CT molecular complexity index is 719. The fraction of sp³-hybridized carbons (Fsp3) is 0.400. The van der Waals surface area contributed by atoms with Gasteiger partial charge in [-0.25, -0.2) is 4.98 Å². The Hall–Kier alpha value is -2.12. The summed E-state index contributed by atoms with van der Waals surface area (Å²) in [6, 6.07) is 3.36. The van der Waals surface area contributed by atoms with Crippen molar-refractivity contribution in [2.24, 2.45) is 5.92 Å². The van der Waals surface area contributed by atoms with E-state index in [0.29, 0.717) is 23.4 Å². The second-order valence-corrected chi connectivity index (χ2v) is 5.98. The van der Waals surface area contributed by atoms with E-state index < -0.39 is 0 Å². The van der Waals surface area contributed by atoms with E-state index in [9.17, 15) is 9.90 Å². The van der Waals surface area contributed by atoms with E-state index in [-0.39, 0.29) is 35.4 Å². The van der Waals surface area contributed by atoms with Crippen molar-refractivity contribution in [3.8, 4) is 11.3 Å². The number of carbonyl (C=O) groups is 1. The minimum absolute atomic E-state index is 0.0557. The molecule has 1 fully saturated rings. The Kier molecular flexibility index (Phi) is 4.49. The van der Waals surface area contributed by atoms with Gasteiger partial charge >= 0.3 is 0 Å². The van der Waals surface area contributed by atoms with Crippen LogP contribution in [0.4, 0.5) is 11.8 Å². The largest absolute Gasteiger partial charge is 0.453 e. The van der Waals surface area contributed by atoms with Gasteiger partial charge in [-0.15, -0.1) is 0 Å². The third-order valence-corrected chi connectivity index (χ3v) is 4.29. The molecule has 23 heavy (non-hydrogen) atoms. The standard InChI is InChI=1S/C15H17ClN4O3/c16-13-12(11-4-3-10(7-22)23-11)14(20-15(17)19-13)18-9-2-1-8(5-9)6-21/h3-4,7-9,21H,1-2,5-6H2,(H3,17,18,19,20)/t8-,9+/m1/s1. The molecule has 0 bridgehead atoms. The number of aliphatic hydroxyl groups excluding tert-OH is 1. The molecule has 0 radical (unpaired) electrons. The lowest BCUT2D eigenvalue weighted by Gasteiger charge is -2.16. The summed E-state index contributed by atoms with van der Waals surface area (Å²) in [5, 5.41) is 12.7. The predicted octanol–water partition coefficient (Wildman–Crippen LogP) is 2.36. The Morgan fingerprint density at radius 3 is 2.91 bits per heavy atom. The molecule has 7 nitrogen and oxygen atoms in total. The number of aldehydes is 1. The van der Waals surface area contributed by atoms with Gasteiger partial charge in [0.05, 0.1) is 5.56 Å². The molecule has 0 amide bonds. The van der Waals surface area contributed by atoms with Crippen molar-refractivity contribution in [3.05, 3.63) is 23.0 Å². The van der Waals surface area contributed by atoms with Gasteiger partial charge in [0.1, 0.15) is 16.7 Å². The number of anilines is 2. The summed E-state index contributed by atoms with van der Waals surface area (Å²) in [5.74, 6) is 1.41. The van der Waals surface area contributed by atoms with Crippen LogP contribution in [0.3, 0.4) is 0 Å². The third-order valence-electron chi connectivity index (χ3n) is 4.01. The molecular formula is C15H17ClN4O3. The Morgan fingerprint density at radius 2 is 2.26 bits per heavy atom. The molecule has 1 aliphatic carbocycles. The van der Waals surface area contributed by atoms with Crippen molar-refractivity contribution in [1.29, 1.82) is 0 Å². The fourth-order valence-electron chi connectivity index (χ4n) is 2.89. The summed E-state index contributed by atoms with van der Waals surface area (Å²) < 4.78 is 5.43. The van der Waals surface area contributed by atoms with Crippen LogP contribution < -0.4 is 11.1 Å². The van der Waals surface area contributed by atoms with Gasteiger partial charge in [-0.05, 0) is 37.3 Å². The first-order chi connectivity index (χ1) is 11.1. The topological polar surface area (TPSA) is 114 Å². The Labute approximate surface area is 137 Å². The van der Waals surface area contributed by atoms with Crippen LogP contribution in [0.25, 0.3) is 11.3 Å². The van der Waals surface area contributed by atoms with Gasteiger partial charge in [0.25, 0.3) is 0 Å². The molecule has 0 saturated heterocycles. The van der Waals surface area contributed by atoms with E-state index in [1.165, 1.54) is 0 Å². The van der Waals surface area contributed by atoms with Gasteiger partial charge in [-0.2, -0.15) is 4.98 Å². The first-order valence-electron chi connectivity index (χ1n) is 7.36. The first-order valence-corrected chi connectivity index (χ1v) is 7.74. The van der Waals surface area contributed by atoms with Crippen LogP contribution in [-0.4, -0.2) is 34.0 Å². The van der Waals surface area contributed by atoms with Crippen LogP contribution in [0, 0.1) is 5.92 Å². The van der Waals surface area contributed by atoms with Crippen molar-refractivity contribution in [2.75, 3.05) is 17.7 Å². The number of nitrogens with two attached hydrogens (primary N) is 1. The highest BCUT2D eigenvalue weighted by molar-refractivity contribution is 6.32. The molecule has 2 aromatic heterocycles. The van der Waals surface area contributed by atoms with Crippen molar-refractivity contribution >= 4 is 29.7 Å². The average molecular weight is 337 g/mol. The number of aliphatic hydroxyl groups is 1.